The summed E-state index contributed by atoms with van der Waals surface area (Å²) < 4.78 is 5.72. The molecule has 0 aromatic heterocycles. The van der Waals surface area contributed by atoms with E-state index in [1.54, 1.807) is 24.3 Å². The van der Waals surface area contributed by atoms with Gasteiger partial charge in [0, 0.05) is 17.7 Å². The van der Waals surface area contributed by atoms with E-state index < -0.39 is 4.92 Å². The van der Waals surface area contributed by atoms with Crippen molar-refractivity contribution in [2.45, 2.75) is 13.5 Å². The molecule has 146 valence electrons. The Morgan fingerprint density at radius 2 is 1.69 bits per heavy atom. The van der Waals surface area contributed by atoms with Crippen LogP contribution in [-0.4, -0.2) is 17.0 Å². The third kappa shape index (κ3) is 5.74. The van der Waals surface area contributed by atoms with Crippen molar-refractivity contribution in [3.63, 3.8) is 0 Å². The van der Waals surface area contributed by atoms with Crippen molar-refractivity contribution in [2.24, 2.45) is 5.10 Å². The minimum atomic E-state index is -0.474. The maximum atomic E-state index is 12.2. The molecule has 0 spiro atoms. The van der Waals surface area contributed by atoms with Crippen LogP contribution in [0.15, 0.2) is 77.9 Å². The van der Waals surface area contributed by atoms with Gasteiger partial charge in [0.2, 0.25) is 0 Å². The van der Waals surface area contributed by atoms with Crippen molar-refractivity contribution in [2.75, 3.05) is 0 Å². The number of hydrogen-bond acceptors (Lipinski definition) is 5. The van der Waals surface area contributed by atoms with Crippen molar-refractivity contribution in [3.05, 3.63) is 105 Å². The fourth-order valence-corrected chi connectivity index (χ4v) is 2.47. The number of nitro benzene ring substituents is 1. The van der Waals surface area contributed by atoms with Gasteiger partial charge in [0.05, 0.1) is 11.1 Å². The molecule has 7 nitrogen and oxygen atoms in total. The number of carbonyl (C=O) groups is 1. The van der Waals surface area contributed by atoms with Gasteiger partial charge in [-0.1, -0.05) is 29.8 Å². The highest BCUT2D eigenvalue weighted by Crippen LogP contribution is 2.14. The second-order valence-electron chi connectivity index (χ2n) is 6.35. The van der Waals surface area contributed by atoms with Gasteiger partial charge in [-0.05, 0) is 54.4 Å². The molecular weight excluding hydrogens is 370 g/mol. The molecular formula is C22H19N3O4. The average Bonchev–Trinajstić information content (AvgIpc) is 2.74. The van der Waals surface area contributed by atoms with Crippen LogP contribution in [0.4, 0.5) is 5.69 Å². The third-order valence-corrected chi connectivity index (χ3v) is 4.13. The van der Waals surface area contributed by atoms with Crippen molar-refractivity contribution in [3.8, 4) is 5.75 Å². The van der Waals surface area contributed by atoms with Gasteiger partial charge in [-0.15, -0.1) is 0 Å². The summed E-state index contributed by atoms with van der Waals surface area (Å²) in [7, 11) is 0. The Bertz CT molecular complexity index is 1010. The number of ether oxygens (including phenoxy) is 1. The molecule has 29 heavy (non-hydrogen) atoms. The lowest BCUT2D eigenvalue weighted by atomic mass is 10.1. The van der Waals surface area contributed by atoms with Crippen LogP contribution in [-0.2, 0) is 6.61 Å². The summed E-state index contributed by atoms with van der Waals surface area (Å²) in [6.07, 6.45) is 1.42. The largest absolute Gasteiger partial charge is 0.489 e. The Morgan fingerprint density at radius 1 is 1.03 bits per heavy atom. The first-order valence-corrected chi connectivity index (χ1v) is 8.87. The summed E-state index contributed by atoms with van der Waals surface area (Å²) in [6, 6.07) is 20.7. The van der Waals surface area contributed by atoms with Gasteiger partial charge in [-0.25, -0.2) is 5.43 Å². The highest BCUT2D eigenvalue weighted by molar-refractivity contribution is 5.94. The van der Waals surface area contributed by atoms with Gasteiger partial charge >= 0.3 is 0 Å². The van der Waals surface area contributed by atoms with Gasteiger partial charge in [-0.2, -0.15) is 5.10 Å². The quantitative estimate of drug-likeness (QED) is 0.371. The van der Waals surface area contributed by atoms with Crippen LogP contribution in [0, 0.1) is 17.0 Å². The normalized spacial score (nSPS) is 10.7. The monoisotopic (exact) mass is 389 g/mol. The zero-order valence-corrected chi connectivity index (χ0v) is 15.7. The van der Waals surface area contributed by atoms with E-state index in [0.717, 1.165) is 11.3 Å². The van der Waals surface area contributed by atoms with Crippen molar-refractivity contribution in [1.29, 1.82) is 0 Å². The minimum absolute atomic E-state index is 0.00219. The molecule has 0 saturated heterocycles. The van der Waals surface area contributed by atoms with Crippen molar-refractivity contribution >= 4 is 17.8 Å². The average molecular weight is 389 g/mol. The third-order valence-electron chi connectivity index (χ3n) is 4.13. The molecule has 3 rings (SSSR count). The summed E-state index contributed by atoms with van der Waals surface area (Å²) in [5, 5.41) is 14.5. The van der Waals surface area contributed by atoms with E-state index in [1.807, 2.05) is 43.3 Å². The number of hydrogen-bond donors (Lipinski definition) is 1. The Labute approximate surface area is 167 Å². The molecule has 7 heteroatoms. The van der Waals surface area contributed by atoms with Gasteiger partial charge < -0.3 is 4.74 Å². The van der Waals surface area contributed by atoms with Gasteiger partial charge in [-0.3, -0.25) is 14.9 Å². The van der Waals surface area contributed by atoms with E-state index in [9.17, 15) is 14.9 Å². The molecule has 3 aromatic rings. The van der Waals surface area contributed by atoms with E-state index in [1.165, 1.54) is 23.9 Å². The zero-order valence-electron chi connectivity index (χ0n) is 15.7. The van der Waals surface area contributed by atoms with Crippen LogP contribution >= 0.6 is 0 Å². The molecule has 0 unspecified atom stereocenters. The Morgan fingerprint density at radius 3 is 2.31 bits per heavy atom. The first-order valence-electron chi connectivity index (χ1n) is 8.87. The van der Waals surface area contributed by atoms with E-state index >= 15 is 0 Å². The number of nitrogens with zero attached hydrogens (tertiary/aromatic N) is 2. The molecule has 0 aliphatic carbocycles. The molecule has 0 heterocycles. The summed E-state index contributed by atoms with van der Waals surface area (Å²) >= 11 is 0. The number of hydrazone groups is 1. The highest BCUT2D eigenvalue weighted by atomic mass is 16.6. The Hall–Kier alpha value is -4.00. The zero-order chi connectivity index (χ0) is 20.6. The summed E-state index contributed by atoms with van der Waals surface area (Å²) in [5.74, 6) is 0.437. The fraction of sp³-hybridized carbons (Fsp3) is 0.0909. The van der Waals surface area contributed by atoms with Gasteiger partial charge in [0.15, 0.2) is 0 Å². The lowest BCUT2D eigenvalue weighted by Gasteiger charge is -2.07. The topological polar surface area (TPSA) is 93.8 Å². The second-order valence-corrected chi connectivity index (χ2v) is 6.35. The van der Waals surface area contributed by atoms with Crippen molar-refractivity contribution < 1.29 is 14.5 Å². The van der Waals surface area contributed by atoms with Gasteiger partial charge in [0.1, 0.15) is 12.4 Å². The number of benzene rings is 3. The molecule has 0 aliphatic rings. The first kappa shape index (κ1) is 19.8. The molecule has 1 N–H and O–H groups in total. The SMILES string of the molecule is Cc1ccc(OCc2ccc(C(=O)N/N=C\c3ccc([N+](=O)[O-])cc3)cc2)cc1. The first-order chi connectivity index (χ1) is 14.0. The van der Waals surface area contributed by atoms with Crippen LogP contribution in [0.25, 0.3) is 0 Å². The maximum absolute atomic E-state index is 12.2. The molecule has 3 aromatic carbocycles. The van der Waals surface area contributed by atoms with E-state index in [4.69, 9.17) is 4.74 Å². The van der Waals surface area contributed by atoms with Crippen LogP contribution < -0.4 is 10.2 Å². The number of carbonyl (C=O) groups excluding carboxylic acids is 1. The van der Waals surface area contributed by atoms with E-state index in [-0.39, 0.29) is 11.6 Å². The minimum Gasteiger partial charge on any atom is -0.489 e. The number of aryl methyl sites for hydroxylation is 1. The summed E-state index contributed by atoms with van der Waals surface area (Å²) in [5.41, 5.74) is 5.64. The maximum Gasteiger partial charge on any atom is 0.271 e. The van der Waals surface area contributed by atoms with Gasteiger partial charge in [0.25, 0.3) is 11.6 Å². The standard InChI is InChI=1S/C22H19N3O4/c1-16-2-12-21(13-3-16)29-15-18-4-8-19(9-5-18)22(26)24-23-14-17-6-10-20(11-7-17)25(27)28/h2-14H,15H2,1H3,(H,24,26)/b23-14-. The summed E-state index contributed by atoms with van der Waals surface area (Å²) in [4.78, 5) is 22.3. The van der Waals surface area contributed by atoms with E-state index in [2.05, 4.69) is 10.5 Å². The molecule has 0 radical (unpaired) electrons. The molecule has 0 fully saturated rings. The molecule has 0 saturated carbocycles. The van der Waals surface area contributed by atoms with Crippen LogP contribution in [0.2, 0.25) is 0 Å². The lowest BCUT2D eigenvalue weighted by molar-refractivity contribution is -0.384. The van der Waals surface area contributed by atoms with Crippen LogP contribution in [0.1, 0.15) is 27.0 Å². The molecule has 0 atom stereocenters. The van der Waals surface area contributed by atoms with E-state index in [0.29, 0.717) is 17.7 Å². The number of rotatable bonds is 7. The lowest BCUT2D eigenvalue weighted by Crippen LogP contribution is -2.17. The summed E-state index contributed by atoms with van der Waals surface area (Å²) in [6.45, 7) is 2.42. The molecule has 1 amide bonds. The number of nitrogens with one attached hydrogen (secondary N) is 1. The van der Waals surface area contributed by atoms with Crippen LogP contribution in [0.3, 0.4) is 0 Å². The number of non-ortho nitro benzene ring substituents is 1. The predicted octanol–water partition coefficient (Wildman–Crippen LogP) is 4.25. The molecule has 0 aliphatic heterocycles. The second kappa shape index (κ2) is 9.27. The Balaban J connectivity index is 1.51. The van der Waals surface area contributed by atoms with Crippen LogP contribution in [0.5, 0.6) is 5.75 Å². The van der Waals surface area contributed by atoms with Crippen molar-refractivity contribution in [1.82, 2.24) is 5.43 Å². The number of nitro groups is 1. The number of amides is 1. The smallest absolute Gasteiger partial charge is 0.271 e. The Kier molecular flexibility index (Phi) is 6.32. The highest BCUT2D eigenvalue weighted by Gasteiger charge is 2.05. The molecule has 0 bridgehead atoms. The predicted molar refractivity (Wildman–Crippen MR) is 110 cm³/mol. The fourth-order valence-electron chi connectivity index (χ4n) is 2.47.